The number of anilines is 2. The van der Waals surface area contributed by atoms with Crippen molar-refractivity contribution < 1.29 is 19.1 Å². The number of carbonyl (C=O) groups excluding carboxylic acids is 2. The highest BCUT2D eigenvalue weighted by Crippen LogP contribution is 2.32. The van der Waals surface area contributed by atoms with E-state index in [0.29, 0.717) is 22.1 Å². The fourth-order valence-corrected chi connectivity index (χ4v) is 2.76. The Balaban J connectivity index is 2.00. The summed E-state index contributed by atoms with van der Waals surface area (Å²) in [6, 6.07) is 10.6. The molecule has 0 fully saturated rings. The molecule has 0 heterocycles. The molecule has 0 aromatic heterocycles. The molecule has 0 atom stereocenters. The molecule has 0 saturated heterocycles. The zero-order valence-electron chi connectivity index (χ0n) is 16.5. The molecule has 28 heavy (non-hydrogen) atoms. The smallest absolute Gasteiger partial charge is 0.262 e. The lowest BCUT2D eigenvalue weighted by atomic mass is 10.0. The minimum atomic E-state index is -0.303. The quantitative estimate of drug-likeness (QED) is 0.684. The molecule has 150 valence electrons. The number of ether oxygens (including phenoxy) is 2. The van der Waals surface area contributed by atoms with Crippen LogP contribution in [0.15, 0.2) is 36.4 Å². The van der Waals surface area contributed by atoms with Crippen LogP contribution < -0.4 is 15.4 Å². The Hall–Kier alpha value is -2.57. The zero-order chi connectivity index (χ0) is 20.7. The highest BCUT2D eigenvalue weighted by atomic mass is 35.5. The lowest BCUT2D eigenvalue weighted by Crippen LogP contribution is -2.21. The molecule has 2 amide bonds. The maximum absolute atomic E-state index is 12.3. The number of amides is 2. The fraction of sp³-hybridized carbons (Fsp3) is 0.333. The van der Waals surface area contributed by atoms with Gasteiger partial charge in [0.25, 0.3) is 5.91 Å². The molecule has 0 aliphatic carbocycles. The minimum absolute atomic E-state index is 0.0386. The van der Waals surface area contributed by atoms with Crippen molar-refractivity contribution in [1.82, 2.24) is 0 Å². The van der Waals surface area contributed by atoms with Crippen LogP contribution in [0, 0.1) is 6.92 Å². The molecule has 2 N–H and O–H groups in total. The Morgan fingerprint density at radius 1 is 1.04 bits per heavy atom. The van der Waals surface area contributed by atoms with Crippen LogP contribution in [0.25, 0.3) is 0 Å². The summed E-state index contributed by atoms with van der Waals surface area (Å²) in [6.07, 6.45) is 0. The highest BCUT2D eigenvalue weighted by Gasteiger charge is 2.13. The largest absolute Gasteiger partial charge is 0.483 e. The van der Waals surface area contributed by atoms with Crippen molar-refractivity contribution in [3.63, 3.8) is 0 Å². The van der Waals surface area contributed by atoms with Crippen molar-refractivity contribution in [1.29, 1.82) is 0 Å². The molecule has 0 radical (unpaired) electrons. The van der Waals surface area contributed by atoms with E-state index in [2.05, 4.69) is 10.6 Å². The van der Waals surface area contributed by atoms with Gasteiger partial charge >= 0.3 is 0 Å². The van der Waals surface area contributed by atoms with Gasteiger partial charge in [-0.3, -0.25) is 9.59 Å². The first-order chi connectivity index (χ1) is 13.3. The topological polar surface area (TPSA) is 76.7 Å². The van der Waals surface area contributed by atoms with Gasteiger partial charge in [0, 0.05) is 23.5 Å². The molecule has 0 saturated carbocycles. The van der Waals surface area contributed by atoms with Gasteiger partial charge in [0.1, 0.15) is 12.4 Å². The van der Waals surface area contributed by atoms with Gasteiger partial charge in [-0.1, -0.05) is 31.5 Å². The number of hydrogen-bond acceptors (Lipinski definition) is 4. The van der Waals surface area contributed by atoms with Crippen LogP contribution in [0.5, 0.6) is 5.75 Å². The van der Waals surface area contributed by atoms with Gasteiger partial charge in [-0.2, -0.15) is 0 Å². The SMILES string of the molecule is COCC(=O)Nc1cccc(NC(=O)COc2cc(C)c(Cl)cc2C(C)C)c1. The molecule has 0 bridgehead atoms. The summed E-state index contributed by atoms with van der Waals surface area (Å²) in [7, 11) is 1.45. The number of aryl methyl sites for hydroxylation is 1. The van der Waals surface area contributed by atoms with Gasteiger partial charge < -0.3 is 20.1 Å². The fourth-order valence-electron chi connectivity index (χ4n) is 2.59. The predicted octanol–water partition coefficient (Wildman–Crippen LogP) is 4.37. The van der Waals surface area contributed by atoms with Crippen LogP contribution in [0.3, 0.4) is 0 Å². The summed E-state index contributed by atoms with van der Waals surface area (Å²) in [5.41, 5.74) is 2.96. The van der Waals surface area contributed by atoms with Gasteiger partial charge in [-0.25, -0.2) is 0 Å². The third-order valence-corrected chi connectivity index (χ3v) is 4.38. The van der Waals surface area contributed by atoms with Crippen molar-refractivity contribution in [2.24, 2.45) is 0 Å². The second kappa shape index (κ2) is 10.1. The molecular weight excluding hydrogens is 380 g/mol. The predicted molar refractivity (Wildman–Crippen MR) is 111 cm³/mol. The number of benzene rings is 2. The van der Waals surface area contributed by atoms with Crippen LogP contribution in [-0.2, 0) is 14.3 Å². The van der Waals surface area contributed by atoms with E-state index >= 15 is 0 Å². The average Bonchev–Trinajstić information content (AvgIpc) is 2.62. The first-order valence-corrected chi connectivity index (χ1v) is 9.29. The minimum Gasteiger partial charge on any atom is -0.483 e. The lowest BCUT2D eigenvalue weighted by molar-refractivity contribution is -0.119. The van der Waals surface area contributed by atoms with Crippen LogP contribution in [-0.4, -0.2) is 32.1 Å². The maximum atomic E-state index is 12.3. The third-order valence-electron chi connectivity index (χ3n) is 3.98. The van der Waals surface area contributed by atoms with Crippen molar-refractivity contribution in [3.8, 4) is 5.75 Å². The van der Waals surface area contributed by atoms with E-state index in [9.17, 15) is 9.59 Å². The van der Waals surface area contributed by atoms with E-state index in [-0.39, 0.29) is 30.9 Å². The van der Waals surface area contributed by atoms with E-state index in [1.54, 1.807) is 24.3 Å². The van der Waals surface area contributed by atoms with E-state index in [1.165, 1.54) is 7.11 Å². The summed E-state index contributed by atoms with van der Waals surface area (Å²) in [5, 5.41) is 6.12. The monoisotopic (exact) mass is 404 g/mol. The number of rotatable bonds is 8. The normalized spacial score (nSPS) is 10.6. The number of hydrogen-bond donors (Lipinski definition) is 2. The van der Waals surface area contributed by atoms with E-state index in [0.717, 1.165) is 11.1 Å². The van der Waals surface area contributed by atoms with E-state index < -0.39 is 0 Å². The summed E-state index contributed by atoms with van der Waals surface area (Å²) in [4.78, 5) is 23.9. The van der Waals surface area contributed by atoms with Gasteiger partial charge in [0.15, 0.2) is 6.61 Å². The van der Waals surface area contributed by atoms with Gasteiger partial charge in [-0.05, 0) is 54.3 Å². The molecule has 0 aliphatic heterocycles. The lowest BCUT2D eigenvalue weighted by Gasteiger charge is -2.16. The first-order valence-electron chi connectivity index (χ1n) is 8.91. The summed E-state index contributed by atoms with van der Waals surface area (Å²) in [6.45, 7) is 5.79. The Morgan fingerprint density at radius 3 is 2.21 bits per heavy atom. The van der Waals surface area contributed by atoms with Crippen molar-refractivity contribution in [2.45, 2.75) is 26.7 Å². The highest BCUT2D eigenvalue weighted by molar-refractivity contribution is 6.31. The number of methoxy groups -OCH3 is 1. The van der Waals surface area contributed by atoms with Gasteiger partial charge in [0.2, 0.25) is 5.91 Å². The Kier molecular flexibility index (Phi) is 7.84. The first kappa shape index (κ1) is 21.7. The standard InChI is InChI=1S/C21H25ClN2O4/c1-13(2)17-10-18(22)14(3)8-19(17)28-12-21(26)24-16-7-5-6-15(9-16)23-20(25)11-27-4/h5-10,13H,11-12H2,1-4H3,(H,23,25)(H,24,26). The number of nitrogens with one attached hydrogen (secondary N) is 2. The summed E-state index contributed by atoms with van der Waals surface area (Å²) in [5.74, 6) is 0.285. The number of halogens is 1. The molecule has 0 aliphatic rings. The van der Waals surface area contributed by atoms with Crippen LogP contribution in [0.2, 0.25) is 5.02 Å². The molecule has 0 spiro atoms. The molecule has 7 heteroatoms. The summed E-state index contributed by atoms with van der Waals surface area (Å²) < 4.78 is 10.5. The molecule has 0 unspecified atom stereocenters. The van der Waals surface area contributed by atoms with Crippen LogP contribution >= 0.6 is 11.6 Å². The third kappa shape index (κ3) is 6.25. The average molecular weight is 405 g/mol. The Morgan fingerprint density at radius 2 is 1.64 bits per heavy atom. The van der Waals surface area contributed by atoms with Crippen molar-refractivity contribution in [2.75, 3.05) is 31.0 Å². The molecule has 2 aromatic carbocycles. The Bertz CT molecular complexity index is 852. The van der Waals surface area contributed by atoms with E-state index in [4.69, 9.17) is 21.1 Å². The summed E-state index contributed by atoms with van der Waals surface area (Å²) >= 11 is 6.20. The Labute approximate surface area is 170 Å². The van der Waals surface area contributed by atoms with Crippen LogP contribution in [0.4, 0.5) is 11.4 Å². The van der Waals surface area contributed by atoms with Crippen molar-refractivity contribution >= 4 is 34.8 Å². The van der Waals surface area contributed by atoms with E-state index in [1.807, 2.05) is 32.9 Å². The molecule has 6 nitrogen and oxygen atoms in total. The van der Waals surface area contributed by atoms with Crippen molar-refractivity contribution in [3.05, 3.63) is 52.5 Å². The number of carbonyl (C=O) groups is 2. The second-order valence-electron chi connectivity index (χ2n) is 6.69. The van der Waals surface area contributed by atoms with Gasteiger partial charge in [-0.15, -0.1) is 0 Å². The molecular formula is C21H25ClN2O4. The van der Waals surface area contributed by atoms with Crippen LogP contribution in [0.1, 0.15) is 30.9 Å². The van der Waals surface area contributed by atoms with Gasteiger partial charge in [0.05, 0.1) is 0 Å². The second-order valence-corrected chi connectivity index (χ2v) is 7.10. The molecule has 2 aromatic rings. The maximum Gasteiger partial charge on any atom is 0.262 e. The zero-order valence-corrected chi connectivity index (χ0v) is 17.2. The molecule has 2 rings (SSSR count).